The van der Waals surface area contributed by atoms with Crippen LogP contribution < -0.4 is 11.1 Å². The molecule has 1 aliphatic rings. The van der Waals surface area contributed by atoms with Crippen molar-refractivity contribution >= 4 is 11.6 Å². The number of rotatable bonds is 5. The van der Waals surface area contributed by atoms with Gasteiger partial charge in [0.2, 0.25) is 0 Å². The highest BCUT2D eigenvalue weighted by Gasteiger charge is 2.14. The third-order valence-electron chi connectivity index (χ3n) is 3.65. The largest absolute Gasteiger partial charge is 0.384 e. The molecule has 1 atom stereocenters. The van der Waals surface area contributed by atoms with Crippen LogP contribution in [-0.2, 0) is 0 Å². The van der Waals surface area contributed by atoms with E-state index in [0.29, 0.717) is 11.9 Å². The van der Waals surface area contributed by atoms with E-state index in [1.807, 2.05) is 6.07 Å². The van der Waals surface area contributed by atoms with Gasteiger partial charge >= 0.3 is 0 Å². The van der Waals surface area contributed by atoms with Gasteiger partial charge < -0.3 is 16.0 Å². The first-order valence-corrected chi connectivity index (χ1v) is 7.68. The summed E-state index contributed by atoms with van der Waals surface area (Å²) in [6.45, 7) is 9.85. The van der Waals surface area contributed by atoms with Gasteiger partial charge in [-0.1, -0.05) is 20.3 Å². The van der Waals surface area contributed by atoms with Crippen LogP contribution in [0.15, 0.2) is 6.07 Å². The molecular formula is C15H27N5. The lowest BCUT2D eigenvalue weighted by Crippen LogP contribution is -2.38. The highest BCUT2D eigenvalue weighted by Crippen LogP contribution is 2.16. The number of aromatic nitrogens is 2. The Morgan fingerprint density at radius 1 is 1.20 bits per heavy atom. The molecule has 0 bridgehead atoms. The SMILES string of the molecule is CC(CN1CCCCC1)Nc1cc(N)nc(C(C)C)n1. The van der Waals surface area contributed by atoms with Crippen LogP contribution >= 0.6 is 0 Å². The molecule has 0 saturated carbocycles. The normalized spacial score (nSPS) is 18.2. The molecule has 1 unspecified atom stereocenters. The molecular weight excluding hydrogens is 250 g/mol. The fourth-order valence-corrected chi connectivity index (χ4v) is 2.64. The number of nitrogens with two attached hydrogens (primary N) is 1. The summed E-state index contributed by atoms with van der Waals surface area (Å²) in [6, 6.07) is 2.18. The number of likely N-dealkylation sites (tertiary alicyclic amines) is 1. The lowest BCUT2D eigenvalue weighted by atomic mass is 10.1. The van der Waals surface area contributed by atoms with E-state index in [2.05, 4.69) is 41.0 Å². The Morgan fingerprint density at radius 3 is 2.55 bits per heavy atom. The molecule has 2 heterocycles. The predicted octanol–water partition coefficient (Wildman–Crippen LogP) is 2.47. The maximum Gasteiger partial charge on any atom is 0.135 e. The second-order valence-corrected chi connectivity index (χ2v) is 6.10. The predicted molar refractivity (Wildman–Crippen MR) is 83.9 cm³/mol. The third kappa shape index (κ3) is 4.34. The zero-order chi connectivity index (χ0) is 14.5. The fraction of sp³-hybridized carbons (Fsp3) is 0.733. The van der Waals surface area contributed by atoms with Crippen molar-refractivity contribution in [2.24, 2.45) is 0 Å². The standard InChI is InChI=1S/C15H27N5/c1-11(2)15-18-13(16)9-14(19-15)17-12(3)10-20-7-5-4-6-8-20/h9,11-12H,4-8,10H2,1-3H3,(H3,16,17,18,19). The number of piperidine rings is 1. The van der Waals surface area contributed by atoms with E-state index in [1.54, 1.807) is 0 Å². The summed E-state index contributed by atoms with van der Waals surface area (Å²) >= 11 is 0. The van der Waals surface area contributed by atoms with Gasteiger partial charge in [0.05, 0.1) is 0 Å². The van der Waals surface area contributed by atoms with E-state index in [0.717, 1.165) is 18.2 Å². The van der Waals surface area contributed by atoms with Gasteiger partial charge in [-0.25, -0.2) is 9.97 Å². The van der Waals surface area contributed by atoms with Gasteiger partial charge in [0.1, 0.15) is 17.5 Å². The maximum atomic E-state index is 5.86. The van der Waals surface area contributed by atoms with Crippen molar-refractivity contribution in [3.05, 3.63) is 11.9 Å². The van der Waals surface area contributed by atoms with Gasteiger partial charge in [-0.2, -0.15) is 0 Å². The van der Waals surface area contributed by atoms with Crippen LogP contribution in [0, 0.1) is 0 Å². The number of nitrogens with zero attached hydrogens (tertiary/aromatic N) is 3. The number of nitrogen functional groups attached to an aromatic ring is 1. The molecule has 2 rings (SSSR count). The van der Waals surface area contributed by atoms with Crippen molar-refractivity contribution in [1.82, 2.24) is 14.9 Å². The summed E-state index contributed by atoms with van der Waals surface area (Å²) < 4.78 is 0. The fourth-order valence-electron chi connectivity index (χ4n) is 2.64. The summed E-state index contributed by atoms with van der Waals surface area (Å²) in [4.78, 5) is 11.3. The van der Waals surface area contributed by atoms with E-state index in [9.17, 15) is 0 Å². The Bertz CT molecular complexity index is 426. The summed E-state index contributed by atoms with van der Waals surface area (Å²) in [6.07, 6.45) is 4.02. The number of hydrogen-bond donors (Lipinski definition) is 2. The van der Waals surface area contributed by atoms with E-state index < -0.39 is 0 Å². The molecule has 0 spiro atoms. The molecule has 5 nitrogen and oxygen atoms in total. The Balaban J connectivity index is 1.94. The van der Waals surface area contributed by atoms with Crippen molar-refractivity contribution < 1.29 is 0 Å². The molecule has 0 radical (unpaired) electrons. The minimum atomic E-state index is 0.288. The van der Waals surface area contributed by atoms with Crippen LogP contribution in [-0.4, -0.2) is 40.5 Å². The highest BCUT2D eigenvalue weighted by atomic mass is 15.2. The van der Waals surface area contributed by atoms with E-state index >= 15 is 0 Å². The van der Waals surface area contributed by atoms with Gasteiger partial charge in [-0.15, -0.1) is 0 Å². The van der Waals surface area contributed by atoms with Crippen molar-refractivity contribution in [3.8, 4) is 0 Å². The number of anilines is 2. The van der Waals surface area contributed by atoms with Gasteiger partial charge in [-0.3, -0.25) is 0 Å². The summed E-state index contributed by atoms with van der Waals surface area (Å²) in [5.41, 5.74) is 5.86. The lowest BCUT2D eigenvalue weighted by molar-refractivity contribution is 0.223. The molecule has 1 aliphatic heterocycles. The zero-order valence-corrected chi connectivity index (χ0v) is 12.9. The molecule has 0 amide bonds. The summed E-state index contributed by atoms with van der Waals surface area (Å²) in [7, 11) is 0. The van der Waals surface area contributed by atoms with Crippen molar-refractivity contribution in [2.75, 3.05) is 30.7 Å². The first kappa shape index (κ1) is 15.0. The second-order valence-electron chi connectivity index (χ2n) is 6.10. The minimum Gasteiger partial charge on any atom is -0.384 e. The van der Waals surface area contributed by atoms with Gasteiger partial charge in [0, 0.05) is 24.6 Å². The molecule has 20 heavy (non-hydrogen) atoms. The van der Waals surface area contributed by atoms with Crippen molar-refractivity contribution in [3.63, 3.8) is 0 Å². The summed E-state index contributed by atoms with van der Waals surface area (Å²) in [5, 5.41) is 3.45. The third-order valence-corrected chi connectivity index (χ3v) is 3.65. The molecule has 1 aromatic rings. The van der Waals surface area contributed by atoms with E-state index in [-0.39, 0.29) is 5.92 Å². The van der Waals surface area contributed by atoms with Crippen LogP contribution in [0.5, 0.6) is 0 Å². The second kappa shape index (κ2) is 6.88. The molecule has 112 valence electrons. The quantitative estimate of drug-likeness (QED) is 0.865. The van der Waals surface area contributed by atoms with Crippen LogP contribution in [0.1, 0.15) is 51.8 Å². The average molecular weight is 277 g/mol. The van der Waals surface area contributed by atoms with Gasteiger partial charge in [0.25, 0.3) is 0 Å². The molecule has 1 saturated heterocycles. The Hall–Kier alpha value is -1.36. The first-order valence-electron chi connectivity index (χ1n) is 7.68. The first-order chi connectivity index (χ1) is 9.54. The smallest absolute Gasteiger partial charge is 0.135 e. The molecule has 1 aromatic heterocycles. The minimum absolute atomic E-state index is 0.288. The zero-order valence-electron chi connectivity index (χ0n) is 12.9. The van der Waals surface area contributed by atoms with Crippen LogP contribution in [0.2, 0.25) is 0 Å². The van der Waals surface area contributed by atoms with Crippen molar-refractivity contribution in [2.45, 2.75) is 52.0 Å². The average Bonchev–Trinajstić information content (AvgIpc) is 2.38. The monoisotopic (exact) mass is 277 g/mol. The van der Waals surface area contributed by atoms with Crippen LogP contribution in [0.3, 0.4) is 0 Å². The molecule has 5 heteroatoms. The van der Waals surface area contributed by atoms with Gasteiger partial charge in [0.15, 0.2) is 0 Å². The maximum absolute atomic E-state index is 5.86. The Morgan fingerprint density at radius 2 is 1.90 bits per heavy atom. The van der Waals surface area contributed by atoms with E-state index in [1.165, 1.54) is 32.4 Å². The molecule has 1 fully saturated rings. The van der Waals surface area contributed by atoms with E-state index in [4.69, 9.17) is 5.73 Å². The Labute approximate surface area is 122 Å². The highest BCUT2D eigenvalue weighted by molar-refractivity contribution is 5.45. The topological polar surface area (TPSA) is 67.1 Å². The molecule has 0 aromatic carbocycles. The number of hydrogen-bond acceptors (Lipinski definition) is 5. The summed E-state index contributed by atoms with van der Waals surface area (Å²) in [5.74, 6) is 2.47. The van der Waals surface area contributed by atoms with Gasteiger partial charge in [-0.05, 0) is 32.9 Å². The molecule has 3 N–H and O–H groups in total. The van der Waals surface area contributed by atoms with Crippen LogP contribution in [0.4, 0.5) is 11.6 Å². The van der Waals surface area contributed by atoms with Crippen LogP contribution in [0.25, 0.3) is 0 Å². The number of nitrogens with one attached hydrogen (secondary N) is 1. The van der Waals surface area contributed by atoms with Crippen molar-refractivity contribution in [1.29, 1.82) is 0 Å². The Kier molecular flexibility index (Phi) is 5.17. The molecule has 0 aliphatic carbocycles. The lowest BCUT2D eigenvalue weighted by Gasteiger charge is -2.29.